The molecule has 83 heavy (non-hydrogen) atoms. The van der Waals surface area contributed by atoms with Crippen molar-refractivity contribution in [1.82, 2.24) is 35.3 Å². The van der Waals surface area contributed by atoms with Crippen molar-refractivity contribution in [2.24, 2.45) is 0 Å². The number of carbonyl (C=O) groups is 3. The third-order valence-corrected chi connectivity index (χ3v) is 16.3. The van der Waals surface area contributed by atoms with E-state index in [4.69, 9.17) is 62.6 Å². The molecule has 0 spiro atoms. The van der Waals surface area contributed by atoms with Gasteiger partial charge < -0.3 is 84.5 Å². The quantitative estimate of drug-likeness (QED) is 0.0348. The lowest BCUT2D eigenvalue weighted by atomic mass is 9.86. The van der Waals surface area contributed by atoms with Crippen molar-refractivity contribution in [3.05, 3.63) is 99.3 Å². The second-order valence-electron chi connectivity index (χ2n) is 21.2. The molecule has 0 radical (unpaired) electrons. The summed E-state index contributed by atoms with van der Waals surface area (Å²) in [5.41, 5.74) is 2.92. The molecule has 7 heterocycles. The highest BCUT2D eigenvalue weighted by atomic mass is 32.1. The number of ether oxygens (including phenoxy) is 7. The summed E-state index contributed by atoms with van der Waals surface area (Å²) in [6, 6.07) is 17.8. The van der Waals surface area contributed by atoms with E-state index in [1.165, 1.54) is 7.11 Å². The van der Waals surface area contributed by atoms with Crippen LogP contribution in [-0.4, -0.2) is 166 Å². The molecule has 8 N–H and O–H groups in total. The van der Waals surface area contributed by atoms with Gasteiger partial charge in [-0.2, -0.15) is 0 Å². The Labute approximate surface area is 489 Å². The Balaban J connectivity index is 0.788. The topological polar surface area (TPSA) is 278 Å². The molecule has 2 unspecified atom stereocenters. The van der Waals surface area contributed by atoms with Gasteiger partial charge >= 0.3 is 5.97 Å². The first-order valence-corrected chi connectivity index (χ1v) is 28.6. The molecule has 442 valence electrons. The molecule has 10 rings (SSSR count). The molecule has 8 atom stereocenters. The first-order valence-electron chi connectivity index (χ1n) is 27.8. The van der Waals surface area contributed by atoms with Crippen LogP contribution >= 0.6 is 24.4 Å². The number of aromatic nitrogens is 2. The number of carbonyl (C=O) groups excluding carboxylic acids is 3. The van der Waals surface area contributed by atoms with Gasteiger partial charge in [0.1, 0.15) is 61.7 Å². The van der Waals surface area contributed by atoms with Crippen LogP contribution < -0.4 is 51.1 Å². The molecule has 3 aromatic carbocycles. The number of piperazine rings is 1. The van der Waals surface area contributed by atoms with Gasteiger partial charge in [-0.1, -0.05) is 6.92 Å². The number of methoxy groups -OCH3 is 2. The Morgan fingerprint density at radius 3 is 2.20 bits per heavy atom. The van der Waals surface area contributed by atoms with E-state index in [-0.39, 0.29) is 47.3 Å². The zero-order chi connectivity index (χ0) is 58.7. The highest BCUT2D eigenvalue weighted by molar-refractivity contribution is 7.80. The van der Waals surface area contributed by atoms with Crippen molar-refractivity contribution in [2.45, 2.75) is 115 Å². The number of rotatable bonds is 18. The van der Waals surface area contributed by atoms with E-state index < -0.39 is 60.3 Å². The van der Waals surface area contributed by atoms with Crippen molar-refractivity contribution in [3.8, 4) is 34.4 Å². The smallest absolute Gasteiger partial charge is 0.343 e. The maximum Gasteiger partial charge on any atom is 0.343 e. The van der Waals surface area contributed by atoms with Crippen molar-refractivity contribution in [2.75, 3.05) is 70.8 Å². The average Bonchev–Trinajstić information content (AvgIpc) is 2.19. The van der Waals surface area contributed by atoms with Gasteiger partial charge in [-0.25, -0.2) is 9.78 Å². The highest BCUT2D eigenvalue weighted by Gasteiger charge is 2.47. The summed E-state index contributed by atoms with van der Waals surface area (Å²) in [6.45, 7) is 8.43. The van der Waals surface area contributed by atoms with Gasteiger partial charge in [0.05, 0.1) is 42.2 Å². The zero-order valence-electron chi connectivity index (χ0n) is 46.7. The lowest BCUT2D eigenvalue weighted by molar-refractivity contribution is -0.272. The summed E-state index contributed by atoms with van der Waals surface area (Å²) in [5, 5.41) is 49.7. The van der Waals surface area contributed by atoms with Gasteiger partial charge in [-0.15, -0.1) is 0 Å². The number of nitrogens with zero attached hydrogens (tertiary/aromatic N) is 4. The Morgan fingerprint density at radius 1 is 0.855 bits per heavy atom. The Morgan fingerprint density at radius 2 is 1.53 bits per heavy atom. The molecule has 0 saturated carbocycles. The Kier molecular flexibility index (Phi) is 18.0. The molecular formula is C58H69N9O14S2. The van der Waals surface area contributed by atoms with E-state index in [2.05, 4.69) is 31.5 Å². The van der Waals surface area contributed by atoms with Crippen molar-refractivity contribution < 1.29 is 62.9 Å². The van der Waals surface area contributed by atoms with Crippen molar-refractivity contribution in [1.29, 1.82) is 0 Å². The SMILES string of the molecule is CCC1(O)C(=O)OCc2c1cc1n(c2=O)Cc2c-1nc1cc3c(cc1c2CN1CCN(C(=O)[C@H](C)NC(=O)[C@H](CCCCNC(=S)Nc2ccc(OC)cc2)NC(=S)Nc2ccc(O[C@H]4O[C@@H](C)[C@@H](O)[C@@H](OC)C4O)cc2)CC1)OCCO3. The summed E-state index contributed by atoms with van der Waals surface area (Å²) in [5.74, 6) is 0.777. The van der Waals surface area contributed by atoms with Crippen molar-refractivity contribution in [3.63, 3.8) is 0 Å². The van der Waals surface area contributed by atoms with Crippen molar-refractivity contribution >= 4 is 74.7 Å². The first kappa shape index (κ1) is 58.9. The van der Waals surface area contributed by atoms with Crippen LogP contribution in [0.2, 0.25) is 0 Å². The summed E-state index contributed by atoms with van der Waals surface area (Å²) in [4.78, 5) is 64.6. The Hall–Kier alpha value is -7.23. The molecule has 25 heteroatoms. The fourth-order valence-electron chi connectivity index (χ4n) is 11.1. The lowest BCUT2D eigenvalue weighted by Gasteiger charge is -2.40. The van der Waals surface area contributed by atoms with E-state index >= 15 is 0 Å². The normalized spacial score (nSPS) is 22.4. The number of unbranched alkanes of at least 4 members (excludes halogenated alkanes) is 1. The number of pyridine rings is 2. The molecule has 23 nitrogen and oxygen atoms in total. The molecule has 0 aliphatic carbocycles. The number of amides is 2. The Bertz CT molecular complexity index is 3330. The van der Waals surface area contributed by atoms with E-state index in [9.17, 15) is 34.5 Å². The van der Waals surface area contributed by atoms with E-state index in [0.29, 0.717) is 117 Å². The predicted molar refractivity (Wildman–Crippen MR) is 313 cm³/mol. The van der Waals surface area contributed by atoms with Crippen LogP contribution in [0.4, 0.5) is 11.4 Å². The third-order valence-electron chi connectivity index (χ3n) is 15.9. The third kappa shape index (κ3) is 12.5. The number of hydrogen-bond donors (Lipinski definition) is 8. The summed E-state index contributed by atoms with van der Waals surface area (Å²) in [7, 11) is 3.00. The number of aliphatic hydroxyl groups is 3. The molecule has 5 aliphatic rings. The van der Waals surface area contributed by atoms with E-state index in [0.717, 1.165) is 28.0 Å². The van der Waals surface area contributed by atoms with Gasteiger partial charge in [0.25, 0.3) is 5.56 Å². The van der Waals surface area contributed by atoms with Crippen LogP contribution in [0.15, 0.2) is 71.5 Å². The molecule has 2 amide bonds. The van der Waals surface area contributed by atoms with Gasteiger partial charge in [0, 0.05) is 80.3 Å². The number of cyclic esters (lactones) is 1. The first-order chi connectivity index (χ1) is 40.0. The van der Waals surface area contributed by atoms with E-state index in [1.807, 2.05) is 36.4 Å². The van der Waals surface area contributed by atoms with Crippen LogP contribution in [0.3, 0.4) is 0 Å². The lowest BCUT2D eigenvalue weighted by Crippen LogP contribution is -2.59. The maximum absolute atomic E-state index is 14.2. The highest BCUT2D eigenvalue weighted by Crippen LogP contribution is 2.43. The summed E-state index contributed by atoms with van der Waals surface area (Å²) in [6.07, 6.45) is -3.32. The molecule has 5 aliphatic heterocycles. The van der Waals surface area contributed by atoms with Gasteiger partial charge in [0.15, 0.2) is 27.3 Å². The summed E-state index contributed by atoms with van der Waals surface area (Å²) < 4.78 is 41.1. The standard InChI is InChI=1S/C58H69N9O14S2/c1-6-58(74)41-26-44-47-39(29-67(44)53(72)40(41)30-79-55(58)73)38(37-25-45-46(27-43(37)63-47)78-24-23-77-45)28-65-19-21-66(22-20-65)52(71)31(2)60-51(70)42(9-7-8-18-59-56(82)61-33-10-14-35(75-4)15-11-33)64-57(83)62-34-12-16-36(17-13-34)81-54-49(69)50(76-5)48(68)32(3)80-54/h10-17,25-27,31-32,42,48-50,54,68-69,74H,6-9,18-24,28-30H2,1-5H3,(H,60,70)(H2,59,61,82)(H2,62,64,83)/t31-,32-,42-,48+,49?,50+,54+,58?/m0/s1. The largest absolute Gasteiger partial charge is 0.497 e. The number of nitrogens with one attached hydrogen (secondary N) is 5. The van der Waals surface area contributed by atoms with Crippen LogP contribution in [0.25, 0.3) is 22.3 Å². The van der Waals surface area contributed by atoms with Gasteiger partial charge in [-0.05, 0) is 130 Å². The molecule has 0 bridgehead atoms. The van der Waals surface area contributed by atoms with E-state index in [1.54, 1.807) is 67.7 Å². The maximum atomic E-state index is 14.2. The number of aliphatic hydroxyl groups excluding tert-OH is 2. The molecule has 5 aromatic rings. The summed E-state index contributed by atoms with van der Waals surface area (Å²) >= 11 is 11.3. The van der Waals surface area contributed by atoms with Crippen LogP contribution in [0.5, 0.6) is 23.0 Å². The number of anilines is 2. The molecule has 2 saturated heterocycles. The number of benzene rings is 3. The molecular weight excluding hydrogens is 1110 g/mol. The monoisotopic (exact) mass is 1180 g/mol. The molecule has 2 aromatic heterocycles. The van der Waals surface area contributed by atoms with Crippen LogP contribution in [0.1, 0.15) is 68.7 Å². The number of fused-ring (bicyclic) bond motifs is 6. The number of hydrogen-bond acceptors (Lipinski definition) is 18. The minimum Gasteiger partial charge on any atom is -0.497 e. The van der Waals surface area contributed by atoms with Gasteiger partial charge in [0.2, 0.25) is 18.1 Å². The predicted octanol–water partition coefficient (Wildman–Crippen LogP) is 3.38. The number of esters is 1. The van der Waals surface area contributed by atoms with Crippen LogP contribution in [0, 0.1) is 0 Å². The molecule has 2 fully saturated rings. The fourth-order valence-corrected chi connectivity index (χ4v) is 11.6. The number of thiocarbonyl (C=S) groups is 2. The second kappa shape index (κ2) is 25.3. The van der Waals surface area contributed by atoms with Crippen LogP contribution in [-0.2, 0) is 53.9 Å². The average molecular weight is 1180 g/mol. The minimum absolute atomic E-state index is 0.0186. The minimum atomic E-state index is -1.98. The van der Waals surface area contributed by atoms with Gasteiger partial charge in [-0.3, -0.25) is 19.3 Å². The fraction of sp³-hybridized carbons (Fsp3) is 0.466. The second-order valence-corrected chi connectivity index (χ2v) is 22.0. The zero-order valence-corrected chi connectivity index (χ0v) is 48.4.